The topological polar surface area (TPSA) is 32.3 Å². The van der Waals surface area contributed by atoms with E-state index in [1.165, 1.54) is 12.8 Å². The molecule has 0 radical (unpaired) electrons. The number of nitrogens with zero attached hydrogens (tertiary/aromatic N) is 1. The summed E-state index contributed by atoms with van der Waals surface area (Å²) in [5.41, 5.74) is -0.0258. The zero-order chi connectivity index (χ0) is 13.9. The standard InChI is InChI=1S/C16H28N2O/c1-16(2)12-8-11-14(17-3)15(19)18(16)13-9-6-4-5-7-10-13/h6,9,13-14,17H,4-5,7-8,10-12H2,1-3H3. The van der Waals surface area contributed by atoms with Crippen LogP contribution in [0, 0.1) is 0 Å². The van der Waals surface area contributed by atoms with E-state index >= 15 is 0 Å². The molecule has 2 atom stereocenters. The van der Waals surface area contributed by atoms with Crippen molar-refractivity contribution >= 4 is 5.91 Å². The van der Waals surface area contributed by atoms with Crippen LogP contribution in [0.4, 0.5) is 0 Å². The van der Waals surface area contributed by atoms with Gasteiger partial charge in [0.1, 0.15) is 0 Å². The Bertz CT molecular complexity index is 349. The van der Waals surface area contributed by atoms with E-state index in [1.54, 1.807) is 0 Å². The third kappa shape index (κ3) is 3.19. The van der Waals surface area contributed by atoms with E-state index in [2.05, 4.69) is 36.2 Å². The molecule has 108 valence electrons. The van der Waals surface area contributed by atoms with Crippen molar-refractivity contribution in [3.63, 3.8) is 0 Å². The summed E-state index contributed by atoms with van der Waals surface area (Å²) < 4.78 is 0. The van der Waals surface area contributed by atoms with Gasteiger partial charge in [0.05, 0.1) is 12.1 Å². The van der Waals surface area contributed by atoms with Gasteiger partial charge in [0.2, 0.25) is 5.91 Å². The first-order valence-corrected chi connectivity index (χ1v) is 7.73. The summed E-state index contributed by atoms with van der Waals surface area (Å²) in [6.45, 7) is 4.45. The van der Waals surface area contributed by atoms with Gasteiger partial charge in [-0.1, -0.05) is 18.6 Å². The molecule has 1 N–H and O–H groups in total. The van der Waals surface area contributed by atoms with Gasteiger partial charge in [-0.25, -0.2) is 0 Å². The summed E-state index contributed by atoms with van der Waals surface area (Å²) in [6.07, 6.45) is 12.5. The smallest absolute Gasteiger partial charge is 0.240 e. The van der Waals surface area contributed by atoms with Gasteiger partial charge in [0, 0.05) is 5.54 Å². The molecule has 1 aliphatic carbocycles. The van der Waals surface area contributed by atoms with Crippen LogP contribution in [-0.4, -0.2) is 35.5 Å². The van der Waals surface area contributed by atoms with Gasteiger partial charge in [-0.2, -0.15) is 0 Å². The molecule has 1 amide bonds. The van der Waals surface area contributed by atoms with E-state index in [1.807, 2.05) is 7.05 Å². The maximum Gasteiger partial charge on any atom is 0.240 e. The van der Waals surface area contributed by atoms with Crippen molar-refractivity contribution in [3.8, 4) is 0 Å². The molecule has 1 fully saturated rings. The summed E-state index contributed by atoms with van der Waals surface area (Å²) in [6, 6.07) is 0.289. The van der Waals surface area contributed by atoms with E-state index in [-0.39, 0.29) is 11.6 Å². The molecule has 2 rings (SSSR count). The first-order chi connectivity index (χ1) is 9.06. The largest absolute Gasteiger partial charge is 0.330 e. The Kier molecular flexibility index (Phi) is 4.67. The minimum atomic E-state index is -0.0258. The lowest BCUT2D eigenvalue weighted by molar-refractivity contribution is -0.139. The number of carbonyl (C=O) groups is 1. The second kappa shape index (κ2) is 6.08. The highest BCUT2D eigenvalue weighted by Crippen LogP contribution is 2.32. The van der Waals surface area contributed by atoms with Crippen LogP contribution in [-0.2, 0) is 4.79 Å². The van der Waals surface area contributed by atoms with Crippen LogP contribution in [0.3, 0.4) is 0 Å². The number of allylic oxidation sites excluding steroid dienone is 1. The van der Waals surface area contributed by atoms with Crippen molar-refractivity contribution < 1.29 is 4.79 Å². The highest BCUT2D eigenvalue weighted by molar-refractivity contribution is 5.83. The Morgan fingerprint density at radius 3 is 2.79 bits per heavy atom. The molecule has 2 unspecified atom stereocenters. The maximum atomic E-state index is 12.8. The lowest BCUT2D eigenvalue weighted by Gasteiger charge is -2.42. The van der Waals surface area contributed by atoms with Crippen LogP contribution >= 0.6 is 0 Å². The molecular weight excluding hydrogens is 236 g/mol. The lowest BCUT2D eigenvalue weighted by Crippen LogP contribution is -2.56. The van der Waals surface area contributed by atoms with Crippen molar-refractivity contribution in [2.75, 3.05) is 7.05 Å². The number of nitrogens with one attached hydrogen (secondary N) is 1. The number of amides is 1. The SMILES string of the molecule is CNC1CCCC(C)(C)N(C2C=CCCCC2)C1=O. The number of carbonyl (C=O) groups excluding carboxylic acids is 1. The van der Waals surface area contributed by atoms with E-state index in [0.717, 1.165) is 32.1 Å². The molecule has 0 aromatic rings. The van der Waals surface area contributed by atoms with E-state index in [0.29, 0.717) is 11.9 Å². The molecule has 3 heteroatoms. The first-order valence-electron chi connectivity index (χ1n) is 7.73. The van der Waals surface area contributed by atoms with Crippen LogP contribution in [0.5, 0.6) is 0 Å². The predicted octanol–water partition coefficient (Wildman–Crippen LogP) is 2.86. The molecule has 0 aromatic heterocycles. The molecule has 0 saturated carbocycles. The van der Waals surface area contributed by atoms with E-state index in [4.69, 9.17) is 0 Å². The highest BCUT2D eigenvalue weighted by Gasteiger charge is 2.40. The zero-order valence-corrected chi connectivity index (χ0v) is 12.6. The summed E-state index contributed by atoms with van der Waals surface area (Å²) >= 11 is 0. The number of rotatable bonds is 2. The van der Waals surface area contributed by atoms with Gasteiger partial charge < -0.3 is 10.2 Å². The van der Waals surface area contributed by atoms with Crippen LogP contribution in [0.15, 0.2) is 12.2 Å². The van der Waals surface area contributed by atoms with Gasteiger partial charge in [0.15, 0.2) is 0 Å². The molecule has 2 aliphatic rings. The van der Waals surface area contributed by atoms with Gasteiger partial charge in [-0.3, -0.25) is 4.79 Å². The van der Waals surface area contributed by atoms with Crippen LogP contribution in [0.25, 0.3) is 0 Å². The van der Waals surface area contributed by atoms with Gasteiger partial charge in [0.25, 0.3) is 0 Å². The van der Waals surface area contributed by atoms with Crippen molar-refractivity contribution in [1.29, 1.82) is 0 Å². The molecule has 1 saturated heterocycles. The quantitative estimate of drug-likeness (QED) is 0.778. The summed E-state index contributed by atoms with van der Waals surface area (Å²) in [4.78, 5) is 15.0. The molecule has 0 spiro atoms. The van der Waals surface area contributed by atoms with Crippen LogP contribution in [0.2, 0.25) is 0 Å². The average Bonchev–Trinajstić information content (AvgIpc) is 2.67. The summed E-state index contributed by atoms with van der Waals surface area (Å²) in [5, 5.41) is 3.20. The molecule has 1 heterocycles. The third-order valence-corrected chi connectivity index (χ3v) is 4.63. The molecular formula is C16H28N2O. The summed E-state index contributed by atoms with van der Waals surface area (Å²) in [7, 11) is 1.90. The van der Waals surface area contributed by atoms with E-state index < -0.39 is 0 Å². The van der Waals surface area contributed by atoms with Gasteiger partial charge in [-0.15, -0.1) is 0 Å². The van der Waals surface area contributed by atoms with E-state index in [9.17, 15) is 4.79 Å². The van der Waals surface area contributed by atoms with Gasteiger partial charge >= 0.3 is 0 Å². The molecule has 3 nitrogen and oxygen atoms in total. The molecule has 19 heavy (non-hydrogen) atoms. The monoisotopic (exact) mass is 264 g/mol. The fourth-order valence-electron chi connectivity index (χ4n) is 3.51. The number of likely N-dealkylation sites (tertiary alicyclic amines) is 1. The predicted molar refractivity (Wildman–Crippen MR) is 79.0 cm³/mol. The fraction of sp³-hybridized carbons (Fsp3) is 0.812. The fourth-order valence-corrected chi connectivity index (χ4v) is 3.51. The van der Waals surface area contributed by atoms with Crippen LogP contribution < -0.4 is 5.32 Å². The molecule has 1 aliphatic heterocycles. The van der Waals surface area contributed by atoms with Crippen molar-refractivity contribution in [2.45, 2.75) is 76.4 Å². The second-order valence-electron chi connectivity index (χ2n) is 6.53. The van der Waals surface area contributed by atoms with Gasteiger partial charge in [-0.05, 0) is 59.4 Å². The minimum Gasteiger partial charge on any atom is -0.330 e. The normalized spacial score (nSPS) is 31.9. The molecule has 0 bridgehead atoms. The Morgan fingerprint density at radius 1 is 1.26 bits per heavy atom. The Morgan fingerprint density at radius 2 is 2.05 bits per heavy atom. The Balaban J connectivity index is 2.27. The van der Waals surface area contributed by atoms with Crippen LogP contribution in [0.1, 0.15) is 58.8 Å². The molecule has 0 aromatic carbocycles. The zero-order valence-electron chi connectivity index (χ0n) is 12.6. The number of likely N-dealkylation sites (N-methyl/N-ethyl adjacent to an activating group) is 1. The van der Waals surface area contributed by atoms with Crippen molar-refractivity contribution in [1.82, 2.24) is 10.2 Å². The summed E-state index contributed by atoms with van der Waals surface area (Å²) in [5.74, 6) is 0.293. The van der Waals surface area contributed by atoms with Crippen molar-refractivity contribution in [3.05, 3.63) is 12.2 Å². The maximum absolute atomic E-state index is 12.8. The number of hydrogen-bond donors (Lipinski definition) is 1. The first kappa shape index (κ1) is 14.6. The lowest BCUT2D eigenvalue weighted by atomic mass is 9.94. The second-order valence-corrected chi connectivity index (χ2v) is 6.53. The third-order valence-electron chi connectivity index (χ3n) is 4.63. The van der Waals surface area contributed by atoms with Crippen molar-refractivity contribution in [2.24, 2.45) is 0 Å². The minimum absolute atomic E-state index is 0.00146. The Hall–Kier alpha value is -0.830. The Labute approximate surface area is 117 Å². The highest BCUT2D eigenvalue weighted by atomic mass is 16.2. The number of hydrogen-bond acceptors (Lipinski definition) is 2. The average molecular weight is 264 g/mol.